The Bertz CT molecular complexity index is 626. The average Bonchev–Trinajstić information content (AvgIpc) is 2.64. The highest BCUT2D eigenvalue weighted by Crippen LogP contribution is 2.09. The molecule has 0 radical (unpaired) electrons. The Morgan fingerprint density at radius 3 is 2.47 bits per heavy atom. The molecule has 1 aromatic heterocycles. The van der Waals surface area contributed by atoms with Crippen molar-refractivity contribution in [2.45, 2.75) is 20.3 Å². The van der Waals surface area contributed by atoms with Gasteiger partial charge in [0.15, 0.2) is 0 Å². The smallest absolute Gasteiger partial charge is 0.274 e. The highest BCUT2D eigenvalue weighted by atomic mass is 16.1. The predicted molar refractivity (Wildman–Crippen MR) is 65.2 cm³/mol. The fraction of sp³-hybridized carbons (Fsp3) is 0.231. The van der Waals surface area contributed by atoms with Crippen LogP contribution in [0.15, 0.2) is 29.1 Å². The summed E-state index contributed by atoms with van der Waals surface area (Å²) in [6, 6.07) is 8.96. The maximum absolute atomic E-state index is 12.0. The van der Waals surface area contributed by atoms with E-state index < -0.39 is 0 Å². The number of aromatic nitrogens is 2. The molecule has 4 nitrogen and oxygen atoms in total. The third-order valence-corrected chi connectivity index (χ3v) is 2.80. The molecule has 0 unspecified atom stereocenters. The van der Waals surface area contributed by atoms with E-state index in [0.717, 1.165) is 16.9 Å². The number of nitrogens with one attached hydrogen (secondary N) is 1. The van der Waals surface area contributed by atoms with Crippen LogP contribution in [0.4, 0.5) is 0 Å². The summed E-state index contributed by atoms with van der Waals surface area (Å²) in [7, 11) is 0. The number of hydrogen-bond donors (Lipinski definition) is 1. The van der Waals surface area contributed by atoms with Crippen LogP contribution in [0.3, 0.4) is 0 Å². The van der Waals surface area contributed by atoms with E-state index in [9.17, 15) is 4.79 Å². The number of aryl methyl sites for hydroxylation is 1. The van der Waals surface area contributed by atoms with Crippen molar-refractivity contribution in [1.29, 1.82) is 5.26 Å². The van der Waals surface area contributed by atoms with Crippen molar-refractivity contribution in [3.05, 3.63) is 51.4 Å². The van der Waals surface area contributed by atoms with E-state index >= 15 is 0 Å². The molecule has 1 aromatic carbocycles. The van der Waals surface area contributed by atoms with Crippen molar-refractivity contribution in [1.82, 2.24) is 9.78 Å². The molecule has 0 aliphatic rings. The van der Waals surface area contributed by atoms with Gasteiger partial charge in [0.2, 0.25) is 0 Å². The van der Waals surface area contributed by atoms with Crippen LogP contribution in [0.5, 0.6) is 0 Å². The molecule has 0 bridgehead atoms. The summed E-state index contributed by atoms with van der Waals surface area (Å²) < 4.78 is 1.51. The van der Waals surface area contributed by atoms with Gasteiger partial charge in [-0.3, -0.25) is 9.89 Å². The molecular formula is C13H13N3O. The van der Waals surface area contributed by atoms with Gasteiger partial charge < -0.3 is 0 Å². The standard InChI is InChI=1S/C13H13N3O/c1-3-12-9(2)15-16(13(12)17)11-6-4-10(8-14)5-7-11/h4-7,15H,3H2,1-2H3. The van der Waals surface area contributed by atoms with Gasteiger partial charge in [-0.25, -0.2) is 4.68 Å². The number of hydrogen-bond acceptors (Lipinski definition) is 2. The van der Waals surface area contributed by atoms with Crippen molar-refractivity contribution in [2.24, 2.45) is 0 Å². The molecule has 0 atom stereocenters. The van der Waals surface area contributed by atoms with Gasteiger partial charge in [-0.2, -0.15) is 5.26 Å². The van der Waals surface area contributed by atoms with Crippen LogP contribution in [-0.4, -0.2) is 9.78 Å². The summed E-state index contributed by atoms with van der Waals surface area (Å²) in [4.78, 5) is 12.0. The van der Waals surface area contributed by atoms with Gasteiger partial charge in [-0.1, -0.05) is 6.92 Å². The number of nitriles is 1. The van der Waals surface area contributed by atoms with Crippen LogP contribution in [0.2, 0.25) is 0 Å². The van der Waals surface area contributed by atoms with Crippen LogP contribution in [0.25, 0.3) is 5.69 Å². The third kappa shape index (κ3) is 1.87. The Labute approximate surface area is 99.1 Å². The van der Waals surface area contributed by atoms with Crippen LogP contribution in [0, 0.1) is 18.3 Å². The molecule has 17 heavy (non-hydrogen) atoms. The van der Waals surface area contributed by atoms with Crippen LogP contribution in [-0.2, 0) is 6.42 Å². The summed E-state index contributed by atoms with van der Waals surface area (Å²) in [5.41, 5.74) is 3.00. The van der Waals surface area contributed by atoms with Crippen molar-refractivity contribution in [3.8, 4) is 11.8 Å². The highest BCUT2D eigenvalue weighted by Gasteiger charge is 2.09. The lowest BCUT2D eigenvalue weighted by Gasteiger charge is -2.00. The van der Waals surface area contributed by atoms with Crippen LogP contribution in [0.1, 0.15) is 23.7 Å². The summed E-state index contributed by atoms with van der Waals surface area (Å²) >= 11 is 0. The molecule has 86 valence electrons. The van der Waals surface area contributed by atoms with E-state index in [0.29, 0.717) is 12.0 Å². The molecule has 2 rings (SSSR count). The third-order valence-electron chi connectivity index (χ3n) is 2.80. The minimum Gasteiger partial charge on any atom is -0.295 e. The second-order valence-corrected chi connectivity index (χ2v) is 3.87. The molecule has 1 N–H and O–H groups in total. The first kappa shape index (κ1) is 11.2. The molecule has 1 heterocycles. The number of nitrogens with zero attached hydrogens (tertiary/aromatic N) is 2. The molecule has 0 saturated heterocycles. The van der Waals surface area contributed by atoms with Crippen molar-refractivity contribution >= 4 is 0 Å². The predicted octanol–water partition coefficient (Wildman–Crippen LogP) is 1.91. The summed E-state index contributed by atoms with van der Waals surface area (Å²) in [5.74, 6) is 0. The van der Waals surface area contributed by atoms with Gasteiger partial charge in [0, 0.05) is 11.3 Å². The Hall–Kier alpha value is -2.28. The molecule has 0 saturated carbocycles. The van der Waals surface area contributed by atoms with Crippen molar-refractivity contribution in [2.75, 3.05) is 0 Å². The summed E-state index contributed by atoms with van der Waals surface area (Å²) in [6.45, 7) is 3.85. The van der Waals surface area contributed by atoms with Crippen LogP contribution < -0.4 is 5.56 Å². The van der Waals surface area contributed by atoms with Gasteiger partial charge in [-0.05, 0) is 37.6 Å². The van der Waals surface area contributed by atoms with E-state index in [1.165, 1.54) is 4.68 Å². The maximum Gasteiger partial charge on any atom is 0.274 e. The summed E-state index contributed by atoms with van der Waals surface area (Å²) in [6.07, 6.45) is 0.713. The Morgan fingerprint density at radius 1 is 1.35 bits per heavy atom. The highest BCUT2D eigenvalue weighted by molar-refractivity contribution is 5.39. The number of rotatable bonds is 2. The zero-order valence-corrected chi connectivity index (χ0v) is 9.82. The summed E-state index contributed by atoms with van der Waals surface area (Å²) in [5, 5.41) is 11.8. The van der Waals surface area contributed by atoms with Crippen molar-refractivity contribution in [3.63, 3.8) is 0 Å². The lowest BCUT2D eigenvalue weighted by Crippen LogP contribution is -2.16. The van der Waals surface area contributed by atoms with Gasteiger partial charge in [0.1, 0.15) is 0 Å². The topological polar surface area (TPSA) is 61.6 Å². The van der Waals surface area contributed by atoms with Crippen LogP contribution >= 0.6 is 0 Å². The lowest BCUT2D eigenvalue weighted by molar-refractivity contribution is 0.834. The van der Waals surface area contributed by atoms with Gasteiger partial charge in [0.25, 0.3) is 5.56 Å². The molecule has 0 aliphatic carbocycles. The first-order chi connectivity index (χ1) is 8.17. The number of H-pyrrole nitrogens is 1. The normalized spacial score (nSPS) is 10.2. The zero-order valence-electron chi connectivity index (χ0n) is 9.82. The number of benzene rings is 1. The first-order valence-electron chi connectivity index (χ1n) is 5.48. The molecule has 0 aliphatic heterocycles. The van der Waals surface area contributed by atoms with E-state index in [-0.39, 0.29) is 5.56 Å². The second kappa shape index (κ2) is 4.30. The Morgan fingerprint density at radius 2 is 2.00 bits per heavy atom. The van der Waals surface area contributed by atoms with E-state index in [2.05, 4.69) is 11.2 Å². The van der Waals surface area contributed by atoms with E-state index in [1.807, 2.05) is 13.8 Å². The molecular weight excluding hydrogens is 214 g/mol. The van der Waals surface area contributed by atoms with E-state index in [4.69, 9.17) is 5.26 Å². The fourth-order valence-electron chi connectivity index (χ4n) is 1.86. The molecule has 4 heteroatoms. The molecule has 0 fully saturated rings. The zero-order chi connectivity index (χ0) is 12.4. The minimum absolute atomic E-state index is 0.0188. The monoisotopic (exact) mass is 227 g/mol. The van der Waals surface area contributed by atoms with Gasteiger partial charge in [-0.15, -0.1) is 0 Å². The van der Waals surface area contributed by atoms with Gasteiger partial charge in [0.05, 0.1) is 17.3 Å². The number of aromatic amines is 1. The minimum atomic E-state index is -0.0188. The second-order valence-electron chi connectivity index (χ2n) is 3.87. The Kier molecular flexibility index (Phi) is 2.84. The Balaban J connectivity index is 2.54. The molecule has 0 spiro atoms. The SMILES string of the molecule is CCc1c(C)[nH]n(-c2ccc(C#N)cc2)c1=O. The van der Waals surface area contributed by atoms with E-state index in [1.54, 1.807) is 24.3 Å². The lowest BCUT2D eigenvalue weighted by atomic mass is 10.2. The molecule has 0 amide bonds. The molecule has 2 aromatic rings. The fourth-order valence-corrected chi connectivity index (χ4v) is 1.86. The van der Waals surface area contributed by atoms with Crippen molar-refractivity contribution < 1.29 is 0 Å². The quantitative estimate of drug-likeness (QED) is 0.851. The van der Waals surface area contributed by atoms with Gasteiger partial charge >= 0.3 is 0 Å². The average molecular weight is 227 g/mol. The largest absolute Gasteiger partial charge is 0.295 e. The maximum atomic E-state index is 12.0. The first-order valence-corrected chi connectivity index (χ1v) is 5.48.